The number of nitrogens with one attached hydrogen (secondary N) is 1. The Labute approximate surface area is 125 Å². The number of rotatable bonds is 6. The SMILES string of the molecule is Cc1cc(C)c(S(=O)(=O)NCCC2CCC2)cc1C(=O)O. The molecule has 0 radical (unpaired) electrons. The third-order valence-electron chi connectivity index (χ3n) is 4.11. The molecule has 0 bridgehead atoms. The third kappa shape index (κ3) is 3.63. The van der Waals surface area contributed by atoms with Crippen molar-refractivity contribution in [2.24, 2.45) is 5.92 Å². The topological polar surface area (TPSA) is 83.5 Å². The lowest BCUT2D eigenvalue weighted by molar-refractivity contribution is 0.0696. The summed E-state index contributed by atoms with van der Waals surface area (Å²) in [7, 11) is -3.66. The maximum absolute atomic E-state index is 12.3. The van der Waals surface area contributed by atoms with Crippen LogP contribution in [0.25, 0.3) is 0 Å². The van der Waals surface area contributed by atoms with Crippen molar-refractivity contribution in [3.8, 4) is 0 Å². The summed E-state index contributed by atoms with van der Waals surface area (Å²) in [4.78, 5) is 11.2. The minimum absolute atomic E-state index is 0.0277. The molecule has 1 aliphatic rings. The molecule has 5 nitrogen and oxygen atoms in total. The summed E-state index contributed by atoms with van der Waals surface area (Å²) in [5.74, 6) is -0.486. The van der Waals surface area contributed by atoms with Gasteiger partial charge in [-0.25, -0.2) is 17.9 Å². The second-order valence-corrected chi connectivity index (χ2v) is 7.46. The van der Waals surface area contributed by atoms with Crippen LogP contribution in [-0.4, -0.2) is 26.0 Å². The summed E-state index contributed by atoms with van der Waals surface area (Å²) in [6, 6.07) is 2.85. The van der Waals surface area contributed by atoms with Crippen LogP contribution in [0.1, 0.15) is 47.2 Å². The average molecular weight is 311 g/mol. The highest BCUT2D eigenvalue weighted by Crippen LogP contribution is 2.29. The lowest BCUT2D eigenvalue weighted by Gasteiger charge is -2.25. The fourth-order valence-electron chi connectivity index (χ4n) is 2.61. The van der Waals surface area contributed by atoms with Crippen molar-refractivity contribution in [1.82, 2.24) is 4.72 Å². The highest BCUT2D eigenvalue weighted by atomic mass is 32.2. The van der Waals surface area contributed by atoms with E-state index in [4.69, 9.17) is 5.11 Å². The maximum atomic E-state index is 12.3. The van der Waals surface area contributed by atoms with Gasteiger partial charge in [0.2, 0.25) is 10.0 Å². The molecular weight excluding hydrogens is 290 g/mol. The van der Waals surface area contributed by atoms with Gasteiger partial charge in [-0.1, -0.05) is 25.3 Å². The van der Waals surface area contributed by atoms with Gasteiger partial charge in [0.15, 0.2) is 0 Å². The quantitative estimate of drug-likeness (QED) is 0.845. The molecule has 2 rings (SSSR count). The lowest BCUT2D eigenvalue weighted by Crippen LogP contribution is -2.28. The highest BCUT2D eigenvalue weighted by molar-refractivity contribution is 7.89. The minimum atomic E-state index is -3.66. The predicted molar refractivity (Wildman–Crippen MR) is 80.0 cm³/mol. The van der Waals surface area contributed by atoms with Gasteiger partial charge in [-0.05, 0) is 43.4 Å². The number of aromatic carboxylic acids is 1. The fraction of sp³-hybridized carbons (Fsp3) is 0.533. The normalized spacial score (nSPS) is 15.7. The fourth-order valence-corrected chi connectivity index (χ4v) is 3.91. The molecule has 0 heterocycles. The number of carboxylic acid groups (broad SMARTS) is 1. The van der Waals surface area contributed by atoms with E-state index in [1.807, 2.05) is 0 Å². The third-order valence-corrected chi connectivity index (χ3v) is 5.71. The molecule has 21 heavy (non-hydrogen) atoms. The Hall–Kier alpha value is -1.40. The van der Waals surface area contributed by atoms with E-state index in [2.05, 4.69) is 4.72 Å². The second-order valence-electron chi connectivity index (χ2n) is 5.72. The molecule has 6 heteroatoms. The van der Waals surface area contributed by atoms with Gasteiger partial charge in [-0.15, -0.1) is 0 Å². The second kappa shape index (κ2) is 6.15. The Morgan fingerprint density at radius 2 is 1.95 bits per heavy atom. The highest BCUT2D eigenvalue weighted by Gasteiger charge is 2.22. The summed E-state index contributed by atoms with van der Waals surface area (Å²) in [5.41, 5.74) is 1.15. The van der Waals surface area contributed by atoms with E-state index in [-0.39, 0.29) is 10.5 Å². The lowest BCUT2D eigenvalue weighted by atomic mass is 9.83. The van der Waals surface area contributed by atoms with E-state index in [1.165, 1.54) is 25.3 Å². The standard InChI is InChI=1S/C15H21NO4S/c1-10-8-11(2)14(9-13(10)15(17)18)21(19,20)16-7-6-12-4-3-5-12/h8-9,12,16H,3-7H2,1-2H3,(H,17,18). The largest absolute Gasteiger partial charge is 0.478 e. The van der Waals surface area contributed by atoms with Gasteiger partial charge in [0, 0.05) is 6.54 Å². The first kappa shape index (κ1) is 16.0. The Balaban J connectivity index is 2.17. The number of sulfonamides is 1. The van der Waals surface area contributed by atoms with E-state index < -0.39 is 16.0 Å². The minimum Gasteiger partial charge on any atom is -0.478 e. The van der Waals surface area contributed by atoms with E-state index >= 15 is 0 Å². The number of carbonyl (C=O) groups is 1. The van der Waals surface area contributed by atoms with Crippen LogP contribution >= 0.6 is 0 Å². The molecule has 2 N–H and O–H groups in total. The van der Waals surface area contributed by atoms with Crippen molar-refractivity contribution < 1.29 is 18.3 Å². The van der Waals surface area contributed by atoms with Gasteiger partial charge in [0.05, 0.1) is 10.5 Å². The molecule has 1 aliphatic carbocycles. The van der Waals surface area contributed by atoms with Gasteiger partial charge >= 0.3 is 5.97 Å². The summed E-state index contributed by atoms with van der Waals surface area (Å²) >= 11 is 0. The molecule has 1 fully saturated rings. The zero-order chi connectivity index (χ0) is 15.6. The first-order valence-electron chi connectivity index (χ1n) is 7.15. The molecule has 1 aromatic rings. The number of benzene rings is 1. The van der Waals surface area contributed by atoms with Crippen molar-refractivity contribution in [3.63, 3.8) is 0 Å². The van der Waals surface area contributed by atoms with Crippen LogP contribution in [0.4, 0.5) is 0 Å². The van der Waals surface area contributed by atoms with Crippen LogP contribution in [0.3, 0.4) is 0 Å². The molecule has 0 amide bonds. The zero-order valence-electron chi connectivity index (χ0n) is 12.3. The zero-order valence-corrected chi connectivity index (χ0v) is 13.2. The van der Waals surface area contributed by atoms with Crippen LogP contribution < -0.4 is 4.72 Å². The van der Waals surface area contributed by atoms with E-state index in [1.54, 1.807) is 19.9 Å². The first-order chi connectivity index (χ1) is 9.81. The smallest absolute Gasteiger partial charge is 0.335 e. The molecule has 1 aromatic carbocycles. The van der Waals surface area contributed by atoms with E-state index in [0.717, 1.165) is 6.42 Å². The molecule has 0 unspecified atom stereocenters. The number of hydrogen-bond donors (Lipinski definition) is 2. The van der Waals surface area contributed by atoms with Crippen molar-refractivity contribution in [3.05, 3.63) is 28.8 Å². The molecule has 0 atom stereocenters. The van der Waals surface area contributed by atoms with Crippen molar-refractivity contribution in [1.29, 1.82) is 0 Å². The number of aryl methyl sites for hydroxylation is 2. The maximum Gasteiger partial charge on any atom is 0.335 e. The Morgan fingerprint density at radius 1 is 1.29 bits per heavy atom. The van der Waals surface area contributed by atoms with Crippen molar-refractivity contribution in [2.45, 2.75) is 44.4 Å². The van der Waals surface area contributed by atoms with Crippen LogP contribution in [0.15, 0.2) is 17.0 Å². The molecule has 0 saturated heterocycles. The average Bonchev–Trinajstić information content (AvgIpc) is 2.31. The summed E-state index contributed by atoms with van der Waals surface area (Å²) < 4.78 is 27.2. The van der Waals surface area contributed by atoms with Gasteiger partial charge < -0.3 is 5.11 Å². The Morgan fingerprint density at radius 3 is 2.48 bits per heavy atom. The van der Waals surface area contributed by atoms with Crippen molar-refractivity contribution in [2.75, 3.05) is 6.54 Å². The van der Waals surface area contributed by atoms with Gasteiger partial charge in [-0.3, -0.25) is 0 Å². The van der Waals surface area contributed by atoms with Gasteiger partial charge in [-0.2, -0.15) is 0 Å². The van der Waals surface area contributed by atoms with Crippen LogP contribution in [0.2, 0.25) is 0 Å². The molecule has 0 aromatic heterocycles. The number of carboxylic acids is 1. The predicted octanol–water partition coefficient (Wildman–Crippen LogP) is 2.47. The summed E-state index contributed by atoms with van der Waals surface area (Å²) in [6.45, 7) is 3.75. The van der Waals surface area contributed by atoms with Gasteiger partial charge in [0.1, 0.15) is 0 Å². The van der Waals surface area contributed by atoms with E-state index in [9.17, 15) is 13.2 Å². The van der Waals surface area contributed by atoms with Crippen molar-refractivity contribution >= 4 is 16.0 Å². The van der Waals surface area contributed by atoms with Crippen LogP contribution in [-0.2, 0) is 10.0 Å². The summed E-state index contributed by atoms with van der Waals surface area (Å²) in [5, 5.41) is 9.12. The molecular formula is C15H21NO4S. The van der Waals surface area contributed by atoms with E-state index in [0.29, 0.717) is 23.6 Å². The van der Waals surface area contributed by atoms with Crippen LogP contribution in [0, 0.1) is 19.8 Å². The van der Waals surface area contributed by atoms with Crippen LogP contribution in [0.5, 0.6) is 0 Å². The Kier molecular flexibility index (Phi) is 4.68. The van der Waals surface area contributed by atoms with Gasteiger partial charge in [0.25, 0.3) is 0 Å². The summed E-state index contributed by atoms with van der Waals surface area (Å²) in [6.07, 6.45) is 4.43. The Bertz CT molecular complexity index is 648. The molecule has 0 aliphatic heterocycles. The molecule has 116 valence electrons. The molecule has 0 spiro atoms. The monoisotopic (exact) mass is 311 g/mol. The first-order valence-corrected chi connectivity index (χ1v) is 8.64. The molecule has 1 saturated carbocycles. The number of hydrogen-bond acceptors (Lipinski definition) is 3.